The highest BCUT2D eigenvalue weighted by Gasteiger charge is 2.20. The van der Waals surface area contributed by atoms with Crippen molar-refractivity contribution in [2.24, 2.45) is 0 Å². The Kier molecular flexibility index (Phi) is 2.26. The lowest BCUT2D eigenvalue weighted by atomic mass is 10.1. The summed E-state index contributed by atoms with van der Waals surface area (Å²) in [6.07, 6.45) is 0. The molecule has 1 aromatic rings. The Morgan fingerprint density at radius 3 is 2.64 bits per heavy atom. The molecule has 14 heavy (non-hydrogen) atoms. The smallest absolute Gasteiger partial charge is 0.187 e. The minimum Gasteiger partial charge on any atom is -0.292 e. The standard InChI is InChI=1S/C12H14N2/c1-9(2)14-7-10-4-5-12(13-3)6-11(10)8-14/h4-6,9H,7-8H2,1-2H3. The summed E-state index contributed by atoms with van der Waals surface area (Å²) in [5, 5.41) is 0. The lowest BCUT2D eigenvalue weighted by Gasteiger charge is -2.18. The minimum absolute atomic E-state index is 0.582. The second kappa shape index (κ2) is 3.43. The molecule has 0 aliphatic carbocycles. The second-order valence-corrected chi connectivity index (χ2v) is 4.06. The van der Waals surface area contributed by atoms with Gasteiger partial charge in [-0.25, -0.2) is 4.85 Å². The van der Waals surface area contributed by atoms with Crippen LogP contribution in [-0.4, -0.2) is 10.9 Å². The maximum Gasteiger partial charge on any atom is 0.187 e. The second-order valence-electron chi connectivity index (χ2n) is 4.06. The molecule has 0 amide bonds. The van der Waals surface area contributed by atoms with Gasteiger partial charge < -0.3 is 0 Å². The van der Waals surface area contributed by atoms with Crippen LogP contribution >= 0.6 is 0 Å². The van der Waals surface area contributed by atoms with E-state index in [2.05, 4.69) is 29.7 Å². The van der Waals surface area contributed by atoms with Crippen LogP contribution in [0.15, 0.2) is 18.2 Å². The molecule has 72 valence electrons. The zero-order valence-electron chi connectivity index (χ0n) is 8.62. The number of hydrogen-bond acceptors (Lipinski definition) is 1. The lowest BCUT2D eigenvalue weighted by molar-refractivity contribution is 0.227. The number of rotatable bonds is 1. The van der Waals surface area contributed by atoms with E-state index in [-0.39, 0.29) is 0 Å². The fourth-order valence-corrected chi connectivity index (χ4v) is 1.84. The molecule has 0 spiro atoms. The van der Waals surface area contributed by atoms with E-state index < -0.39 is 0 Å². The summed E-state index contributed by atoms with van der Waals surface area (Å²) in [5.74, 6) is 0. The Morgan fingerprint density at radius 1 is 1.29 bits per heavy atom. The zero-order valence-corrected chi connectivity index (χ0v) is 8.62. The molecule has 0 saturated carbocycles. The summed E-state index contributed by atoms with van der Waals surface area (Å²) in [5.41, 5.74) is 3.47. The third-order valence-corrected chi connectivity index (χ3v) is 2.80. The van der Waals surface area contributed by atoms with Gasteiger partial charge in [0.15, 0.2) is 5.69 Å². The molecule has 2 nitrogen and oxygen atoms in total. The van der Waals surface area contributed by atoms with E-state index in [1.165, 1.54) is 11.1 Å². The zero-order chi connectivity index (χ0) is 10.1. The van der Waals surface area contributed by atoms with Gasteiger partial charge in [0.05, 0.1) is 6.57 Å². The van der Waals surface area contributed by atoms with E-state index in [0.717, 1.165) is 18.8 Å². The summed E-state index contributed by atoms with van der Waals surface area (Å²) in [6.45, 7) is 13.4. The highest BCUT2D eigenvalue weighted by atomic mass is 15.2. The first-order valence-electron chi connectivity index (χ1n) is 4.94. The molecular formula is C12H14N2. The Labute approximate surface area is 85.0 Å². The van der Waals surface area contributed by atoms with E-state index in [1.807, 2.05) is 12.1 Å². The van der Waals surface area contributed by atoms with Gasteiger partial charge in [-0.3, -0.25) is 4.90 Å². The van der Waals surface area contributed by atoms with Gasteiger partial charge in [-0.1, -0.05) is 18.2 Å². The Morgan fingerprint density at radius 2 is 2.00 bits per heavy atom. The molecule has 0 aromatic heterocycles. The van der Waals surface area contributed by atoms with E-state index in [4.69, 9.17) is 6.57 Å². The molecule has 2 rings (SSSR count). The van der Waals surface area contributed by atoms with Gasteiger partial charge in [0.25, 0.3) is 0 Å². The van der Waals surface area contributed by atoms with Crippen LogP contribution in [0.3, 0.4) is 0 Å². The Bertz CT molecular complexity index is 388. The highest BCUT2D eigenvalue weighted by Crippen LogP contribution is 2.27. The van der Waals surface area contributed by atoms with Crippen LogP contribution in [0.5, 0.6) is 0 Å². The maximum absolute atomic E-state index is 6.95. The third kappa shape index (κ3) is 1.51. The quantitative estimate of drug-likeness (QED) is 0.612. The average molecular weight is 186 g/mol. The molecule has 0 N–H and O–H groups in total. The summed E-state index contributed by atoms with van der Waals surface area (Å²) in [6, 6.07) is 6.60. The summed E-state index contributed by atoms with van der Waals surface area (Å²) >= 11 is 0. The van der Waals surface area contributed by atoms with Crippen molar-refractivity contribution in [2.75, 3.05) is 0 Å². The van der Waals surface area contributed by atoms with Crippen LogP contribution in [0.2, 0.25) is 0 Å². The summed E-state index contributed by atoms with van der Waals surface area (Å²) < 4.78 is 0. The van der Waals surface area contributed by atoms with E-state index >= 15 is 0 Å². The van der Waals surface area contributed by atoms with Crippen molar-refractivity contribution >= 4 is 5.69 Å². The van der Waals surface area contributed by atoms with Gasteiger partial charge in [-0.2, -0.15) is 0 Å². The van der Waals surface area contributed by atoms with Crippen molar-refractivity contribution in [1.82, 2.24) is 4.90 Å². The molecule has 0 unspecified atom stereocenters. The Hall–Kier alpha value is -1.33. The summed E-state index contributed by atoms with van der Waals surface area (Å²) in [4.78, 5) is 5.86. The van der Waals surface area contributed by atoms with Crippen LogP contribution < -0.4 is 0 Å². The number of benzene rings is 1. The molecule has 1 heterocycles. The van der Waals surface area contributed by atoms with Crippen molar-refractivity contribution in [3.05, 3.63) is 40.7 Å². The van der Waals surface area contributed by atoms with Crippen molar-refractivity contribution < 1.29 is 0 Å². The van der Waals surface area contributed by atoms with Gasteiger partial charge in [0.2, 0.25) is 0 Å². The van der Waals surface area contributed by atoms with Crippen LogP contribution in [0.4, 0.5) is 5.69 Å². The lowest BCUT2D eigenvalue weighted by Crippen LogP contribution is -2.24. The molecule has 0 atom stereocenters. The first-order valence-corrected chi connectivity index (χ1v) is 4.94. The average Bonchev–Trinajstić information content (AvgIpc) is 2.59. The van der Waals surface area contributed by atoms with Gasteiger partial charge in [0, 0.05) is 19.1 Å². The van der Waals surface area contributed by atoms with Crippen LogP contribution in [0, 0.1) is 6.57 Å². The molecule has 1 aromatic carbocycles. The molecule has 0 saturated heterocycles. The SMILES string of the molecule is [C-]#[N+]c1ccc2c(c1)CN(C(C)C)C2. The highest BCUT2D eigenvalue weighted by molar-refractivity contribution is 5.50. The van der Waals surface area contributed by atoms with Gasteiger partial charge in [-0.15, -0.1) is 0 Å². The first kappa shape index (κ1) is 9.23. The van der Waals surface area contributed by atoms with E-state index in [0.29, 0.717) is 6.04 Å². The molecule has 1 aliphatic heterocycles. The van der Waals surface area contributed by atoms with Gasteiger partial charge >= 0.3 is 0 Å². The molecule has 0 bridgehead atoms. The van der Waals surface area contributed by atoms with Crippen molar-refractivity contribution in [3.63, 3.8) is 0 Å². The monoisotopic (exact) mass is 186 g/mol. The van der Waals surface area contributed by atoms with E-state index in [9.17, 15) is 0 Å². The molecular weight excluding hydrogens is 172 g/mol. The first-order chi connectivity index (χ1) is 6.70. The molecule has 2 heteroatoms. The molecule has 0 radical (unpaired) electrons. The normalized spacial score (nSPS) is 15.6. The fourth-order valence-electron chi connectivity index (χ4n) is 1.84. The van der Waals surface area contributed by atoms with E-state index in [1.54, 1.807) is 0 Å². The van der Waals surface area contributed by atoms with Crippen LogP contribution in [0.25, 0.3) is 4.85 Å². The predicted octanol–water partition coefficient (Wildman–Crippen LogP) is 2.96. The number of nitrogens with zero attached hydrogens (tertiary/aromatic N) is 2. The van der Waals surface area contributed by atoms with Crippen molar-refractivity contribution in [2.45, 2.75) is 33.0 Å². The van der Waals surface area contributed by atoms with Crippen LogP contribution in [0.1, 0.15) is 25.0 Å². The van der Waals surface area contributed by atoms with Crippen molar-refractivity contribution in [1.29, 1.82) is 0 Å². The predicted molar refractivity (Wildman–Crippen MR) is 57.1 cm³/mol. The van der Waals surface area contributed by atoms with Gasteiger partial charge in [-0.05, 0) is 25.0 Å². The van der Waals surface area contributed by atoms with Gasteiger partial charge in [0.1, 0.15) is 0 Å². The molecule has 0 fully saturated rings. The third-order valence-electron chi connectivity index (χ3n) is 2.80. The molecule has 1 aliphatic rings. The minimum atomic E-state index is 0.582. The maximum atomic E-state index is 6.95. The number of hydrogen-bond donors (Lipinski definition) is 0. The van der Waals surface area contributed by atoms with Crippen LogP contribution in [-0.2, 0) is 13.1 Å². The fraction of sp³-hybridized carbons (Fsp3) is 0.417. The van der Waals surface area contributed by atoms with Crippen molar-refractivity contribution in [3.8, 4) is 0 Å². The Balaban J connectivity index is 2.28. The topological polar surface area (TPSA) is 7.60 Å². The largest absolute Gasteiger partial charge is 0.292 e. The number of fused-ring (bicyclic) bond motifs is 1. The summed E-state index contributed by atoms with van der Waals surface area (Å²) in [7, 11) is 0.